The summed E-state index contributed by atoms with van der Waals surface area (Å²) in [5.41, 5.74) is 7.10. The number of hydrogen-bond acceptors (Lipinski definition) is 1. The first-order valence-electron chi connectivity index (χ1n) is 7.29. The molecule has 2 aromatic rings. The zero-order valence-corrected chi connectivity index (χ0v) is 12.1. The SMILES string of the molecule is CCCC1=C(c2ccc(C)cc2)c2ccccc2C1O. The van der Waals surface area contributed by atoms with Gasteiger partial charge in [0.05, 0.1) is 0 Å². The van der Waals surface area contributed by atoms with E-state index >= 15 is 0 Å². The second-order valence-corrected chi connectivity index (χ2v) is 5.51. The van der Waals surface area contributed by atoms with Gasteiger partial charge in [-0.15, -0.1) is 0 Å². The van der Waals surface area contributed by atoms with Gasteiger partial charge in [0.1, 0.15) is 6.10 Å². The van der Waals surface area contributed by atoms with Crippen LogP contribution in [0.15, 0.2) is 54.1 Å². The molecule has 1 aliphatic rings. The van der Waals surface area contributed by atoms with Crippen LogP contribution >= 0.6 is 0 Å². The fourth-order valence-corrected chi connectivity index (χ4v) is 3.05. The molecule has 1 N–H and O–H groups in total. The van der Waals surface area contributed by atoms with Crippen LogP contribution in [0, 0.1) is 6.92 Å². The highest BCUT2D eigenvalue weighted by Gasteiger charge is 2.29. The summed E-state index contributed by atoms with van der Waals surface area (Å²) in [6.07, 6.45) is 1.55. The van der Waals surface area contributed by atoms with E-state index in [1.807, 2.05) is 12.1 Å². The van der Waals surface area contributed by atoms with Crippen molar-refractivity contribution in [3.63, 3.8) is 0 Å². The predicted octanol–water partition coefficient (Wildman–Crippen LogP) is 4.64. The van der Waals surface area contributed by atoms with Gasteiger partial charge in [0.2, 0.25) is 0 Å². The molecule has 0 saturated carbocycles. The second kappa shape index (κ2) is 5.26. The molecule has 0 radical (unpaired) electrons. The molecule has 0 bridgehead atoms. The molecular weight excluding hydrogens is 244 g/mol. The van der Waals surface area contributed by atoms with Crippen molar-refractivity contribution < 1.29 is 5.11 Å². The van der Waals surface area contributed by atoms with Crippen molar-refractivity contribution in [2.45, 2.75) is 32.8 Å². The van der Waals surface area contributed by atoms with E-state index < -0.39 is 6.10 Å². The summed E-state index contributed by atoms with van der Waals surface area (Å²) < 4.78 is 0. The van der Waals surface area contributed by atoms with Crippen molar-refractivity contribution in [2.75, 3.05) is 0 Å². The molecule has 3 rings (SSSR count). The maximum Gasteiger partial charge on any atom is 0.102 e. The smallest absolute Gasteiger partial charge is 0.102 e. The van der Waals surface area contributed by atoms with Crippen LogP contribution in [0.3, 0.4) is 0 Å². The average Bonchev–Trinajstić information content (AvgIpc) is 2.74. The molecule has 0 amide bonds. The van der Waals surface area contributed by atoms with Crippen LogP contribution in [0.25, 0.3) is 5.57 Å². The Labute approximate surface area is 120 Å². The largest absolute Gasteiger partial charge is 0.384 e. The molecule has 0 heterocycles. The van der Waals surface area contributed by atoms with Crippen LogP contribution in [0.2, 0.25) is 0 Å². The number of hydrogen-bond donors (Lipinski definition) is 1. The van der Waals surface area contributed by atoms with Gasteiger partial charge in [-0.25, -0.2) is 0 Å². The number of aryl methyl sites for hydroxylation is 1. The normalized spacial score (nSPS) is 17.4. The van der Waals surface area contributed by atoms with Crippen LogP contribution in [-0.4, -0.2) is 5.11 Å². The lowest BCUT2D eigenvalue weighted by Gasteiger charge is -2.11. The van der Waals surface area contributed by atoms with Gasteiger partial charge < -0.3 is 5.11 Å². The molecule has 1 nitrogen and oxygen atoms in total. The first-order chi connectivity index (χ1) is 9.72. The lowest BCUT2D eigenvalue weighted by Crippen LogP contribution is -1.97. The maximum absolute atomic E-state index is 10.6. The summed E-state index contributed by atoms with van der Waals surface area (Å²) in [5, 5.41) is 10.6. The molecule has 20 heavy (non-hydrogen) atoms. The van der Waals surface area contributed by atoms with Gasteiger partial charge in [0.25, 0.3) is 0 Å². The lowest BCUT2D eigenvalue weighted by molar-refractivity contribution is 0.215. The maximum atomic E-state index is 10.6. The molecule has 1 heteroatoms. The van der Waals surface area contributed by atoms with Gasteiger partial charge >= 0.3 is 0 Å². The summed E-state index contributed by atoms with van der Waals surface area (Å²) in [6, 6.07) is 16.8. The van der Waals surface area contributed by atoms with Crippen LogP contribution in [0.4, 0.5) is 0 Å². The predicted molar refractivity (Wildman–Crippen MR) is 83.5 cm³/mol. The monoisotopic (exact) mass is 264 g/mol. The minimum atomic E-state index is -0.442. The van der Waals surface area contributed by atoms with E-state index in [9.17, 15) is 5.11 Å². The van der Waals surface area contributed by atoms with Crippen molar-refractivity contribution in [3.8, 4) is 0 Å². The molecule has 0 aliphatic heterocycles. The number of aliphatic hydroxyl groups excluding tert-OH is 1. The van der Waals surface area contributed by atoms with E-state index in [1.165, 1.54) is 22.3 Å². The molecule has 0 fully saturated rings. The third kappa shape index (κ3) is 2.08. The summed E-state index contributed by atoms with van der Waals surface area (Å²) in [7, 11) is 0. The van der Waals surface area contributed by atoms with E-state index in [1.54, 1.807) is 0 Å². The summed E-state index contributed by atoms with van der Waals surface area (Å²) in [5.74, 6) is 0. The molecule has 0 saturated heterocycles. The fraction of sp³-hybridized carbons (Fsp3) is 0.263. The zero-order valence-electron chi connectivity index (χ0n) is 12.1. The van der Waals surface area contributed by atoms with Crippen molar-refractivity contribution in [3.05, 3.63) is 76.4 Å². The highest BCUT2D eigenvalue weighted by molar-refractivity contribution is 5.88. The summed E-state index contributed by atoms with van der Waals surface area (Å²) in [4.78, 5) is 0. The molecular formula is C19H20O. The van der Waals surface area contributed by atoms with Gasteiger partial charge in [-0.2, -0.15) is 0 Å². The van der Waals surface area contributed by atoms with E-state index in [2.05, 4.69) is 50.2 Å². The summed E-state index contributed by atoms with van der Waals surface area (Å²) in [6.45, 7) is 4.26. The van der Waals surface area contributed by atoms with Gasteiger partial charge in [0, 0.05) is 0 Å². The Morgan fingerprint density at radius 3 is 2.40 bits per heavy atom. The van der Waals surface area contributed by atoms with Crippen molar-refractivity contribution in [1.29, 1.82) is 0 Å². The van der Waals surface area contributed by atoms with Crippen molar-refractivity contribution >= 4 is 5.57 Å². The Bertz CT molecular complexity index is 650. The Balaban J connectivity index is 2.19. The Morgan fingerprint density at radius 2 is 1.70 bits per heavy atom. The molecule has 2 aromatic carbocycles. The molecule has 0 aromatic heterocycles. The van der Waals surface area contributed by atoms with E-state index in [4.69, 9.17) is 0 Å². The number of fused-ring (bicyclic) bond motifs is 1. The Morgan fingerprint density at radius 1 is 1.00 bits per heavy atom. The van der Waals surface area contributed by atoms with Gasteiger partial charge in [-0.05, 0) is 41.2 Å². The third-order valence-electron chi connectivity index (χ3n) is 4.04. The first kappa shape index (κ1) is 13.1. The van der Waals surface area contributed by atoms with E-state index in [0.717, 1.165) is 24.0 Å². The minimum Gasteiger partial charge on any atom is -0.384 e. The number of benzene rings is 2. The quantitative estimate of drug-likeness (QED) is 0.856. The van der Waals surface area contributed by atoms with Gasteiger partial charge in [0.15, 0.2) is 0 Å². The Kier molecular flexibility index (Phi) is 3.45. The van der Waals surface area contributed by atoms with Gasteiger partial charge in [-0.1, -0.05) is 67.4 Å². The fourth-order valence-electron chi connectivity index (χ4n) is 3.05. The van der Waals surface area contributed by atoms with Crippen LogP contribution in [-0.2, 0) is 0 Å². The Hall–Kier alpha value is -1.86. The lowest BCUT2D eigenvalue weighted by atomic mass is 9.95. The second-order valence-electron chi connectivity index (χ2n) is 5.51. The van der Waals surface area contributed by atoms with E-state index in [-0.39, 0.29) is 0 Å². The zero-order chi connectivity index (χ0) is 14.1. The highest BCUT2D eigenvalue weighted by atomic mass is 16.3. The molecule has 1 unspecified atom stereocenters. The van der Waals surface area contributed by atoms with Crippen LogP contribution in [0.5, 0.6) is 0 Å². The van der Waals surface area contributed by atoms with Gasteiger partial charge in [-0.3, -0.25) is 0 Å². The third-order valence-corrected chi connectivity index (χ3v) is 4.04. The molecule has 1 aliphatic carbocycles. The number of aliphatic hydroxyl groups is 1. The van der Waals surface area contributed by atoms with Crippen molar-refractivity contribution in [2.24, 2.45) is 0 Å². The van der Waals surface area contributed by atoms with Crippen LogP contribution in [0.1, 0.15) is 48.1 Å². The summed E-state index contributed by atoms with van der Waals surface area (Å²) >= 11 is 0. The molecule has 0 spiro atoms. The first-order valence-corrected chi connectivity index (χ1v) is 7.29. The van der Waals surface area contributed by atoms with Crippen LogP contribution < -0.4 is 0 Å². The van der Waals surface area contributed by atoms with Crippen molar-refractivity contribution in [1.82, 2.24) is 0 Å². The highest BCUT2D eigenvalue weighted by Crippen LogP contribution is 2.45. The standard InChI is InChI=1S/C19H20O/c1-3-6-17-18(14-11-9-13(2)10-12-14)15-7-4-5-8-16(15)19(17)20/h4-5,7-12,19-20H,3,6H2,1-2H3. The number of rotatable bonds is 3. The molecule has 1 atom stereocenters. The molecule has 102 valence electrons. The minimum absolute atomic E-state index is 0.442. The van der Waals surface area contributed by atoms with E-state index in [0.29, 0.717) is 0 Å². The topological polar surface area (TPSA) is 20.2 Å². The average molecular weight is 264 g/mol.